The summed E-state index contributed by atoms with van der Waals surface area (Å²) >= 11 is 0. The van der Waals surface area contributed by atoms with Crippen LogP contribution >= 0.6 is 0 Å². The Hall–Kier alpha value is -1.06. The van der Waals surface area contributed by atoms with Crippen LogP contribution in [0.15, 0.2) is 0 Å². The molecule has 0 heterocycles. The van der Waals surface area contributed by atoms with Crippen molar-refractivity contribution >= 4 is 11.9 Å². The van der Waals surface area contributed by atoms with Crippen LogP contribution in [0.5, 0.6) is 0 Å². The second kappa shape index (κ2) is 19.4. The molecule has 188 valence electrons. The van der Waals surface area contributed by atoms with Gasteiger partial charge in [-0.1, -0.05) is 110 Å². The van der Waals surface area contributed by atoms with E-state index < -0.39 is 0 Å². The van der Waals surface area contributed by atoms with Gasteiger partial charge in [0, 0.05) is 18.3 Å². The molecule has 0 radical (unpaired) electrons. The Morgan fingerprint density at radius 1 is 0.562 bits per heavy atom. The number of esters is 2. The topological polar surface area (TPSA) is 52.6 Å². The quantitative estimate of drug-likeness (QED) is 0.138. The second-order valence-corrected chi connectivity index (χ2v) is 10.1. The molecule has 1 aliphatic rings. The molecule has 0 aromatic heterocycles. The minimum absolute atomic E-state index is 0.0853. The van der Waals surface area contributed by atoms with Crippen molar-refractivity contribution < 1.29 is 19.1 Å². The number of ether oxygens (including phenoxy) is 2. The molecule has 1 fully saturated rings. The number of hydrogen-bond donors (Lipinski definition) is 0. The van der Waals surface area contributed by atoms with Gasteiger partial charge < -0.3 is 9.47 Å². The van der Waals surface area contributed by atoms with E-state index in [1.165, 1.54) is 70.6 Å². The molecule has 0 N–H and O–H groups in total. The summed E-state index contributed by atoms with van der Waals surface area (Å²) in [6, 6.07) is 0. The van der Waals surface area contributed by atoms with Crippen LogP contribution in [0.1, 0.15) is 149 Å². The first kappa shape index (κ1) is 29.0. The van der Waals surface area contributed by atoms with Crippen molar-refractivity contribution in [1.82, 2.24) is 0 Å². The molecule has 4 heteroatoms. The predicted octanol–water partition coefficient (Wildman–Crippen LogP) is 8.30. The number of rotatable bonds is 20. The zero-order valence-electron chi connectivity index (χ0n) is 21.4. The summed E-state index contributed by atoms with van der Waals surface area (Å²) in [7, 11) is 0. The van der Waals surface area contributed by atoms with E-state index in [4.69, 9.17) is 9.47 Å². The maximum atomic E-state index is 12.2. The van der Waals surface area contributed by atoms with E-state index in [0.717, 1.165) is 51.4 Å². The first-order chi connectivity index (χ1) is 15.6. The molecule has 0 unspecified atom stereocenters. The Morgan fingerprint density at radius 3 is 1.34 bits per heavy atom. The van der Waals surface area contributed by atoms with Crippen molar-refractivity contribution in [2.75, 3.05) is 13.2 Å². The van der Waals surface area contributed by atoms with Crippen molar-refractivity contribution in [2.24, 2.45) is 5.41 Å². The van der Waals surface area contributed by atoms with Gasteiger partial charge in [-0.2, -0.15) is 0 Å². The lowest BCUT2D eigenvalue weighted by molar-refractivity contribution is -0.156. The Labute approximate surface area is 198 Å². The highest BCUT2D eigenvalue weighted by Crippen LogP contribution is 2.37. The third kappa shape index (κ3) is 14.9. The molecule has 1 rings (SSSR count). The van der Waals surface area contributed by atoms with Crippen LogP contribution in [-0.2, 0) is 19.1 Å². The highest BCUT2D eigenvalue weighted by molar-refractivity contribution is 5.69. The minimum Gasteiger partial charge on any atom is -0.465 e. The molecule has 0 aromatic carbocycles. The summed E-state index contributed by atoms with van der Waals surface area (Å²) in [5.41, 5.74) is -0.163. The molecular formula is C28H52O4. The van der Waals surface area contributed by atoms with Gasteiger partial charge in [0.1, 0.15) is 13.2 Å². The fourth-order valence-corrected chi connectivity index (χ4v) is 4.70. The van der Waals surface area contributed by atoms with Crippen molar-refractivity contribution in [2.45, 2.75) is 149 Å². The Bertz CT molecular complexity index is 432. The van der Waals surface area contributed by atoms with Crippen LogP contribution in [0.2, 0.25) is 0 Å². The lowest BCUT2D eigenvalue weighted by Gasteiger charge is -2.36. The molecule has 0 amide bonds. The smallest absolute Gasteiger partial charge is 0.305 e. The molecule has 0 bridgehead atoms. The monoisotopic (exact) mass is 452 g/mol. The molecule has 1 aliphatic carbocycles. The summed E-state index contributed by atoms with van der Waals surface area (Å²) in [5.74, 6) is -0.171. The lowest BCUT2D eigenvalue weighted by Crippen LogP contribution is -2.36. The van der Waals surface area contributed by atoms with Crippen LogP contribution in [0.4, 0.5) is 0 Å². The predicted molar refractivity (Wildman–Crippen MR) is 133 cm³/mol. The molecule has 0 aromatic rings. The summed E-state index contributed by atoms with van der Waals surface area (Å²) in [4.78, 5) is 24.5. The first-order valence-electron chi connectivity index (χ1n) is 13.9. The summed E-state index contributed by atoms with van der Waals surface area (Å²) in [5, 5.41) is 0. The number of hydrogen-bond acceptors (Lipinski definition) is 4. The van der Waals surface area contributed by atoms with Crippen LogP contribution in [0.25, 0.3) is 0 Å². The molecule has 4 nitrogen and oxygen atoms in total. The SMILES string of the molecule is CCCCCCCCCC(=O)OCC1(COC(=O)CCCCCCCCC)CCCCC1. The number of carbonyl (C=O) groups is 2. The zero-order valence-corrected chi connectivity index (χ0v) is 21.4. The maximum Gasteiger partial charge on any atom is 0.305 e. The van der Waals surface area contributed by atoms with Gasteiger partial charge in [-0.15, -0.1) is 0 Å². The van der Waals surface area contributed by atoms with Gasteiger partial charge in [-0.3, -0.25) is 9.59 Å². The third-order valence-corrected chi connectivity index (χ3v) is 6.96. The molecule has 32 heavy (non-hydrogen) atoms. The standard InChI is InChI=1S/C28H52O4/c1-3-5-7-9-11-13-16-20-26(29)31-24-28(22-18-15-19-23-28)25-32-27(30)21-17-14-12-10-8-6-4-2/h3-25H2,1-2H3. The van der Waals surface area contributed by atoms with E-state index in [1.807, 2.05) is 0 Å². The molecule has 0 saturated heterocycles. The largest absolute Gasteiger partial charge is 0.465 e. The van der Waals surface area contributed by atoms with E-state index in [2.05, 4.69) is 13.8 Å². The van der Waals surface area contributed by atoms with E-state index in [-0.39, 0.29) is 17.4 Å². The second-order valence-electron chi connectivity index (χ2n) is 10.1. The first-order valence-corrected chi connectivity index (χ1v) is 13.9. The van der Waals surface area contributed by atoms with Crippen molar-refractivity contribution in [1.29, 1.82) is 0 Å². The van der Waals surface area contributed by atoms with Crippen LogP contribution < -0.4 is 0 Å². The minimum atomic E-state index is -0.163. The molecular weight excluding hydrogens is 400 g/mol. The van der Waals surface area contributed by atoms with Crippen molar-refractivity contribution in [3.63, 3.8) is 0 Å². The average Bonchev–Trinajstić information content (AvgIpc) is 2.81. The van der Waals surface area contributed by atoms with Crippen LogP contribution in [0, 0.1) is 5.41 Å². The Morgan fingerprint density at radius 2 is 0.938 bits per heavy atom. The summed E-state index contributed by atoms with van der Waals surface area (Å²) < 4.78 is 11.4. The van der Waals surface area contributed by atoms with E-state index >= 15 is 0 Å². The normalized spacial score (nSPS) is 15.4. The molecule has 0 spiro atoms. The van der Waals surface area contributed by atoms with E-state index in [0.29, 0.717) is 26.1 Å². The van der Waals surface area contributed by atoms with Gasteiger partial charge in [0.15, 0.2) is 0 Å². The number of carbonyl (C=O) groups excluding carboxylic acids is 2. The highest BCUT2D eigenvalue weighted by Gasteiger charge is 2.35. The van der Waals surface area contributed by atoms with Crippen molar-refractivity contribution in [3.05, 3.63) is 0 Å². The zero-order chi connectivity index (χ0) is 23.3. The van der Waals surface area contributed by atoms with Gasteiger partial charge in [-0.05, 0) is 25.7 Å². The summed E-state index contributed by atoms with van der Waals surface area (Å²) in [6.45, 7) is 5.28. The van der Waals surface area contributed by atoms with Gasteiger partial charge >= 0.3 is 11.9 Å². The van der Waals surface area contributed by atoms with Gasteiger partial charge in [0.2, 0.25) is 0 Å². The van der Waals surface area contributed by atoms with Gasteiger partial charge in [0.25, 0.3) is 0 Å². The van der Waals surface area contributed by atoms with Crippen molar-refractivity contribution in [3.8, 4) is 0 Å². The van der Waals surface area contributed by atoms with Crippen LogP contribution in [0.3, 0.4) is 0 Å². The van der Waals surface area contributed by atoms with Crippen LogP contribution in [-0.4, -0.2) is 25.2 Å². The third-order valence-electron chi connectivity index (χ3n) is 6.96. The average molecular weight is 453 g/mol. The molecule has 1 saturated carbocycles. The Balaban J connectivity index is 2.21. The van der Waals surface area contributed by atoms with E-state index in [9.17, 15) is 9.59 Å². The van der Waals surface area contributed by atoms with Gasteiger partial charge in [-0.25, -0.2) is 0 Å². The highest BCUT2D eigenvalue weighted by atomic mass is 16.5. The Kier molecular flexibility index (Phi) is 17.6. The molecule has 0 aliphatic heterocycles. The lowest BCUT2D eigenvalue weighted by atomic mass is 9.75. The molecule has 0 atom stereocenters. The fraction of sp³-hybridized carbons (Fsp3) is 0.929. The summed E-state index contributed by atoms with van der Waals surface area (Å²) in [6.07, 6.45) is 23.3. The van der Waals surface area contributed by atoms with E-state index in [1.54, 1.807) is 0 Å². The number of unbranched alkanes of at least 4 members (excludes halogenated alkanes) is 12. The fourth-order valence-electron chi connectivity index (χ4n) is 4.70. The maximum absolute atomic E-state index is 12.2. The van der Waals surface area contributed by atoms with Gasteiger partial charge in [0.05, 0.1) is 0 Å².